The van der Waals surface area contributed by atoms with E-state index in [1.165, 1.54) is 0 Å². The number of carbonyl (C=O) groups is 1. The average molecular weight is 228 g/mol. The van der Waals surface area contributed by atoms with Crippen LogP contribution < -0.4 is 59.1 Å². The predicted molar refractivity (Wildman–Crippen MR) is 39.4 cm³/mol. The molecular weight excluding hydrogens is 214 g/mol. The molecule has 5 N–H and O–H groups in total. The fourth-order valence-corrected chi connectivity index (χ4v) is 0.618. The van der Waals surface area contributed by atoms with E-state index in [0.29, 0.717) is 0 Å². The topological polar surface area (TPSA) is 118 Å². The van der Waals surface area contributed by atoms with Gasteiger partial charge in [0.1, 0.15) is 24.4 Å². The van der Waals surface area contributed by atoms with E-state index in [2.05, 4.69) is 0 Å². The Labute approximate surface area is 128 Å². The van der Waals surface area contributed by atoms with Crippen molar-refractivity contribution in [2.45, 2.75) is 24.4 Å². The third-order valence-corrected chi connectivity index (χ3v) is 1.42. The van der Waals surface area contributed by atoms with E-state index < -0.39 is 31.0 Å². The third-order valence-electron chi connectivity index (χ3n) is 1.42. The summed E-state index contributed by atoms with van der Waals surface area (Å²) in [7, 11) is 0. The summed E-state index contributed by atoms with van der Waals surface area (Å²) < 4.78 is 0. The van der Waals surface area contributed by atoms with Crippen LogP contribution in [0.25, 0.3) is 0 Å². The van der Waals surface area contributed by atoms with Gasteiger partial charge in [-0.2, -0.15) is 0 Å². The van der Waals surface area contributed by atoms with E-state index in [1.807, 2.05) is 0 Å². The second kappa shape index (κ2) is 11.0. The number of hydrogen-bond donors (Lipinski definition) is 5. The molecule has 0 aliphatic heterocycles. The average Bonchev–Trinajstić information content (AvgIpc) is 2.12. The quantitative estimate of drug-likeness (QED) is 0.235. The zero-order valence-corrected chi connectivity index (χ0v) is 12.2. The first-order chi connectivity index (χ1) is 5.54. The molecule has 4 atom stereocenters. The summed E-state index contributed by atoms with van der Waals surface area (Å²) in [6.07, 6.45) is -6.84. The van der Waals surface area contributed by atoms with Crippen LogP contribution in [0.4, 0.5) is 0 Å². The van der Waals surface area contributed by atoms with E-state index in [9.17, 15) is 4.79 Å². The zero-order chi connectivity index (χ0) is 9.72. The molecule has 0 radical (unpaired) electrons. The van der Waals surface area contributed by atoms with Gasteiger partial charge in [0.25, 0.3) is 0 Å². The van der Waals surface area contributed by atoms with Gasteiger partial charge in [-0.3, -0.25) is 0 Å². The first-order valence-electron chi connectivity index (χ1n) is 3.33. The normalized spacial score (nSPS) is 18.1. The summed E-state index contributed by atoms with van der Waals surface area (Å²) in [5.74, 6) is 0. The fourth-order valence-electron chi connectivity index (χ4n) is 0.618. The SMILES string of the molecule is O=C[C@H](O)[C@@H](O)[C@H](O)[C@H](O)CO.[H-].[H-].[Na+].[Na+]. The van der Waals surface area contributed by atoms with Gasteiger partial charge in [-0.05, 0) is 0 Å². The fraction of sp³-hybridized carbons (Fsp3) is 0.833. The van der Waals surface area contributed by atoms with Crippen LogP contribution in [-0.2, 0) is 4.79 Å². The smallest absolute Gasteiger partial charge is 1.00 e. The molecule has 0 aromatic rings. The maximum absolute atomic E-state index is 9.90. The van der Waals surface area contributed by atoms with Gasteiger partial charge in [0.2, 0.25) is 0 Å². The van der Waals surface area contributed by atoms with Crippen LogP contribution in [0.2, 0.25) is 0 Å². The van der Waals surface area contributed by atoms with Crippen LogP contribution in [0.1, 0.15) is 2.85 Å². The van der Waals surface area contributed by atoms with E-state index in [4.69, 9.17) is 25.5 Å². The van der Waals surface area contributed by atoms with Crippen molar-refractivity contribution in [3.8, 4) is 0 Å². The van der Waals surface area contributed by atoms with Crippen molar-refractivity contribution in [3.05, 3.63) is 0 Å². The zero-order valence-electron chi connectivity index (χ0n) is 10.2. The molecule has 8 heteroatoms. The minimum atomic E-state index is -1.79. The third kappa shape index (κ3) is 6.86. The van der Waals surface area contributed by atoms with Gasteiger partial charge < -0.3 is 33.2 Å². The maximum atomic E-state index is 9.90. The van der Waals surface area contributed by atoms with Crippen LogP contribution in [0.5, 0.6) is 0 Å². The summed E-state index contributed by atoms with van der Waals surface area (Å²) in [5, 5.41) is 43.5. The molecule has 0 saturated carbocycles. The van der Waals surface area contributed by atoms with E-state index in [1.54, 1.807) is 0 Å². The van der Waals surface area contributed by atoms with Gasteiger partial charge in [-0.25, -0.2) is 0 Å². The second-order valence-corrected chi connectivity index (χ2v) is 2.36. The molecule has 0 bridgehead atoms. The Morgan fingerprint density at radius 1 is 1.07 bits per heavy atom. The molecule has 0 amide bonds. The molecule has 0 saturated heterocycles. The maximum Gasteiger partial charge on any atom is 1.00 e. The van der Waals surface area contributed by atoms with E-state index in [-0.39, 0.29) is 68.3 Å². The Kier molecular flexibility index (Phi) is 16.3. The van der Waals surface area contributed by atoms with Crippen LogP contribution in [-0.4, -0.2) is 62.8 Å². The minimum absolute atomic E-state index is 0. The molecule has 0 fully saturated rings. The van der Waals surface area contributed by atoms with Gasteiger partial charge in [-0.15, -0.1) is 0 Å². The number of rotatable bonds is 5. The second-order valence-electron chi connectivity index (χ2n) is 2.36. The van der Waals surface area contributed by atoms with Crippen molar-refractivity contribution in [3.63, 3.8) is 0 Å². The van der Waals surface area contributed by atoms with Crippen molar-refractivity contribution < 1.29 is 92.3 Å². The van der Waals surface area contributed by atoms with Crippen molar-refractivity contribution >= 4 is 6.29 Å². The Morgan fingerprint density at radius 2 is 1.50 bits per heavy atom. The predicted octanol–water partition coefficient (Wildman–Crippen LogP) is -9.15. The Balaban J connectivity index is -0.000000101. The van der Waals surface area contributed by atoms with Gasteiger partial charge in [0.05, 0.1) is 6.61 Å². The van der Waals surface area contributed by atoms with Crippen molar-refractivity contribution in [2.24, 2.45) is 0 Å². The van der Waals surface area contributed by atoms with Crippen molar-refractivity contribution in [1.29, 1.82) is 0 Å². The van der Waals surface area contributed by atoms with Gasteiger partial charge >= 0.3 is 59.1 Å². The van der Waals surface area contributed by atoms with Crippen molar-refractivity contribution in [1.82, 2.24) is 0 Å². The number of aldehydes is 1. The Bertz CT molecular complexity index is 155. The Morgan fingerprint density at radius 3 is 1.79 bits per heavy atom. The van der Waals surface area contributed by atoms with Crippen LogP contribution in [0.15, 0.2) is 0 Å². The molecule has 0 aromatic heterocycles. The van der Waals surface area contributed by atoms with Crippen molar-refractivity contribution in [2.75, 3.05) is 6.61 Å². The van der Waals surface area contributed by atoms with E-state index in [0.717, 1.165) is 0 Å². The van der Waals surface area contributed by atoms with Gasteiger partial charge in [0.15, 0.2) is 6.29 Å². The summed E-state index contributed by atoms with van der Waals surface area (Å²) in [6, 6.07) is 0. The number of carbonyl (C=O) groups excluding carboxylic acids is 1. The standard InChI is InChI=1S/C6H12O6.2Na.2H/c7-1-3(9)5(11)6(12)4(10)2-8;;;;/h1,3-6,8-12H,2H2;;;;/q;2*+1;2*-1/t3-,4+,5+,6+;;;;/m0..../s1. The number of hydrogen-bond acceptors (Lipinski definition) is 6. The van der Waals surface area contributed by atoms with Gasteiger partial charge in [-0.1, -0.05) is 0 Å². The molecular formula is C6H14Na2O6. The molecule has 0 aliphatic carbocycles. The number of aliphatic hydroxyl groups is 5. The first-order valence-corrected chi connectivity index (χ1v) is 3.33. The molecule has 0 rings (SSSR count). The molecule has 0 heterocycles. The van der Waals surface area contributed by atoms with Crippen LogP contribution in [0, 0.1) is 0 Å². The monoisotopic (exact) mass is 228 g/mol. The largest absolute Gasteiger partial charge is 1.00 e. The molecule has 0 aliphatic rings. The van der Waals surface area contributed by atoms with Crippen LogP contribution in [0.3, 0.4) is 0 Å². The summed E-state index contributed by atoms with van der Waals surface area (Å²) in [6.45, 7) is -0.760. The van der Waals surface area contributed by atoms with Crippen LogP contribution >= 0.6 is 0 Å². The van der Waals surface area contributed by atoms with E-state index >= 15 is 0 Å². The molecule has 14 heavy (non-hydrogen) atoms. The molecule has 0 unspecified atom stereocenters. The first kappa shape index (κ1) is 20.8. The molecule has 0 spiro atoms. The van der Waals surface area contributed by atoms with Gasteiger partial charge in [0, 0.05) is 0 Å². The summed E-state index contributed by atoms with van der Waals surface area (Å²) in [4.78, 5) is 9.90. The number of aliphatic hydroxyl groups excluding tert-OH is 5. The minimum Gasteiger partial charge on any atom is -1.00 e. The summed E-state index contributed by atoms with van der Waals surface area (Å²) in [5.41, 5.74) is 0. The molecule has 76 valence electrons. The summed E-state index contributed by atoms with van der Waals surface area (Å²) >= 11 is 0. The molecule has 0 aromatic carbocycles. The molecule has 6 nitrogen and oxygen atoms in total. The Hall–Kier alpha value is 1.47.